The molecule has 3 heteroatoms. The Balaban J connectivity index is 2.21. The van der Waals surface area contributed by atoms with Crippen LogP contribution >= 0.6 is 15.9 Å². The molecule has 2 nitrogen and oxygen atoms in total. The van der Waals surface area contributed by atoms with Crippen LogP contribution in [0.5, 0.6) is 0 Å². The Labute approximate surface area is 135 Å². The Hall–Kier alpha value is -1.16. The van der Waals surface area contributed by atoms with Gasteiger partial charge in [-0.05, 0) is 44.3 Å². The first kappa shape index (κ1) is 16.2. The van der Waals surface area contributed by atoms with E-state index >= 15 is 0 Å². The minimum Gasteiger partial charge on any atom is -0.367 e. The van der Waals surface area contributed by atoms with E-state index in [4.69, 9.17) is 4.74 Å². The molecule has 0 heterocycles. The van der Waals surface area contributed by atoms with Gasteiger partial charge in [-0.2, -0.15) is 0 Å². The summed E-state index contributed by atoms with van der Waals surface area (Å²) in [6.07, 6.45) is -0.0151. The molecule has 0 aliphatic heterocycles. The number of aryl methyl sites for hydroxylation is 1. The van der Waals surface area contributed by atoms with Gasteiger partial charge in [-0.1, -0.05) is 57.9 Å². The molecule has 1 atom stereocenters. The van der Waals surface area contributed by atoms with Crippen molar-refractivity contribution in [2.75, 3.05) is 27.2 Å². The standard InChI is InChI=1S/C18H22BrNO/c1-14-4-6-15(7-5-14)18(21-13-12-20(2)3)16-8-10-17(19)11-9-16/h4-11,18H,12-13H2,1-3H3/t18-/m1/s1. The summed E-state index contributed by atoms with van der Waals surface area (Å²) in [6, 6.07) is 16.9. The number of hydrogen-bond acceptors (Lipinski definition) is 2. The summed E-state index contributed by atoms with van der Waals surface area (Å²) in [5.41, 5.74) is 3.64. The van der Waals surface area contributed by atoms with E-state index in [9.17, 15) is 0 Å². The topological polar surface area (TPSA) is 12.5 Å². The van der Waals surface area contributed by atoms with Gasteiger partial charge < -0.3 is 9.64 Å². The first-order valence-electron chi connectivity index (χ1n) is 7.14. The van der Waals surface area contributed by atoms with Crippen LogP contribution in [0.3, 0.4) is 0 Å². The van der Waals surface area contributed by atoms with E-state index in [-0.39, 0.29) is 6.10 Å². The monoisotopic (exact) mass is 347 g/mol. The van der Waals surface area contributed by atoms with Gasteiger partial charge in [0.2, 0.25) is 0 Å². The number of halogens is 1. The molecule has 0 unspecified atom stereocenters. The van der Waals surface area contributed by atoms with Gasteiger partial charge in [0.1, 0.15) is 6.10 Å². The van der Waals surface area contributed by atoms with Crippen LogP contribution in [0.1, 0.15) is 22.8 Å². The van der Waals surface area contributed by atoms with E-state index in [0.29, 0.717) is 6.61 Å². The molecule has 0 aliphatic rings. The van der Waals surface area contributed by atoms with Crippen LogP contribution in [-0.4, -0.2) is 32.1 Å². The number of hydrogen-bond donors (Lipinski definition) is 0. The van der Waals surface area contributed by atoms with Crippen molar-refractivity contribution in [2.24, 2.45) is 0 Å². The number of ether oxygens (including phenoxy) is 1. The van der Waals surface area contributed by atoms with Gasteiger partial charge in [-0.3, -0.25) is 0 Å². The summed E-state index contributed by atoms with van der Waals surface area (Å²) in [5, 5.41) is 0. The molecule has 112 valence electrons. The Kier molecular flexibility index (Phi) is 5.97. The Morgan fingerprint density at radius 2 is 1.48 bits per heavy atom. The van der Waals surface area contributed by atoms with Crippen LogP contribution in [0.25, 0.3) is 0 Å². The molecule has 0 fully saturated rings. The van der Waals surface area contributed by atoms with Gasteiger partial charge >= 0.3 is 0 Å². The van der Waals surface area contributed by atoms with Crippen molar-refractivity contribution in [3.63, 3.8) is 0 Å². The van der Waals surface area contributed by atoms with Crippen LogP contribution in [0.2, 0.25) is 0 Å². The second-order valence-corrected chi connectivity index (χ2v) is 6.43. The molecule has 0 spiro atoms. The van der Waals surface area contributed by atoms with E-state index in [1.54, 1.807) is 0 Å². The number of benzene rings is 2. The van der Waals surface area contributed by atoms with Crippen molar-refractivity contribution >= 4 is 15.9 Å². The van der Waals surface area contributed by atoms with Crippen molar-refractivity contribution in [3.8, 4) is 0 Å². The molecule has 0 radical (unpaired) electrons. The van der Waals surface area contributed by atoms with Gasteiger partial charge in [0.25, 0.3) is 0 Å². The van der Waals surface area contributed by atoms with Crippen molar-refractivity contribution in [1.82, 2.24) is 4.90 Å². The zero-order chi connectivity index (χ0) is 15.2. The van der Waals surface area contributed by atoms with E-state index in [1.807, 2.05) is 0 Å². The van der Waals surface area contributed by atoms with Gasteiger partial charge in [0.15, 0.2) is 0 Å². The SMILES string of the molecule is Cc1ccc([C@@H](OCCN(C)C)c2ccc(Br)cc2)cc1. The van der Waals surface area contributed by atoms with Gasteiger partial charge in [-0.15, -0.1) is 0 Å². The normalized spacial score (nSPS) is 12.6. The molecular formula is C18H22BrNO. The average molecular weight is 348 g/mol. The van der Waals surface area contributed by atoms with Gasteiger partial charge in [0.05, 0.1) is 6.61 Å². The summed E-state index contributed by atoms with van der Waals surface area (Å²) in [5.74, 6) is 0. The lowest BCUT2D eigenvalue weighted by molar-refractivity contribution is 0.0687. The first-order chi connectivity index (χ1) is 10.1. The third-order valence-electron chi connectivity index (χ3n) is 3.38. The fraction of sp³-hybridized carbons (Fsp3) is 0.333. The van der Waals surface area contributed by atoms with Crippen molar-refractivity contribution in [1.29, 1.82) is 0 Å². The molecule has 0 bridgehead atoms. The number of nitrogens with zero attached hydrogens (tertiary/aromatic N) is 1. The molecule has 2 aromatic carbocycles. The summed E-state index contributed by atoms with van der Waals surface area (Å²) in [7, 11) is 4.12. The number of rotatable bonds is 6. The Morgan fingerprint density at radius 3 is 2.00 bits per heavy atom. The molecule has 0 N–H and O–H groups in total. The molecule has 0 amide bonds. The summed E-state index contributed by atoms with van der Waals surface area (Å²) >= 11 is 3.48. The maximum absolute atomic E-state index is 6.15. The lowest BCUT2D eigenvalue weighted by atomic mass is 10.0. The largest absolute Gasteiger partial charge is 0.367 e. The van der Waals surface area contributed by atoms with Crippen LogP contribution in [0, 0.1) is 6.92 Å². The smallest absolute Gasteiger partial charge is 0.108 e. The molecule has 2 aromatic rings. The molecular weight excluding hydrogens is 326 g/mol. The van der Waals surface area contributed by atoms with Crippen molar-refractivity contribution in [3.05, 3.63) is 69.7 Å². The predicted octanol–water partition coefficient (Wildman–Crippen LogP) is 4.43. The first-order valence-corrected chi connectivity index (χ1v) is 7.94. The zero-order valence-electron chi connectivity index (χ0n) is 12.8. The van der Waals surface area contributed by atoms with E-state index in [1.165, 1.54) is 16.7 Å². The van der Waals surface area contributed by atoms with Crippen molar-refractivity contribution in [2.45, 2.75) is 13.0 Å². The summed E-state index contributed by atoms with van der Waals surface area (Å²) in [4.78, 5) is 2.13. The van der Waals surface area contributed by atoms with E-state index in [0.717, 1.165) is 11.0 Å². The third kappa shape index (κ3) is 4.95. The maximum atomic E-state index is 6.15. The fourth-order valence-electron chi connectivity index (χ4n) is 2.12. The number of likely N-dealkylation sites (N-methyl/N-ethyl adjacent to an activating group) is 1. The highest BCUT2D eigenvalue weighted by molar-refractivity contribution is 9.10. The van der Waals surface area contributed by atoms with Crippen molar-refractivity contribution < 1.29 is 4.74 Å². The van der Waals surface area contributed by atoms with Crippen LogP contribution < -0.4 is 0 Å². The zero-order valence-corrected chi connectivity index (χ0v) is 14.4. The summed E-state index contributed by atoms with van der Waals surface area (Å²) < 4.78 is 7.23. The quantitative estimate of drug-likeness (QED) is 0.766. The molecule has 2 rings (SSSR count). The highest BCUT2D eigenvalue weighted by atomic mass is 79.9. The highest BCUT2D eigenvalue weighted by Gasteiger charge is 2.14. The average Bonchev–Trinajstić information content (AvgIpc) is 2.46. The van der Waals surface area contributed by atoms with Gasteiger partial charge in [0, 0.05) is 11.0 Å². The van der Waals surface area contributed by atoms with Crippen LogP contribution in [0.15, 0.2) is 53.0 Å². The van der Waals surface area contributed by atoms with Crippen LogP contribution in [-0.2, 0) is 4.74 Å². The lowest BCUT2D eigenvalue weighted by Gasteiger charge is -2.20. The second kappa shape index (κ2) is 7.74. The van der Waals surface area contributed by atoms with Gasteiger partial charge in [-0.25, -0.2) is 0 Å². The third-order valence-corrected chi connectivity index (χ3v) is 3.90. The van der Waals surface area contributed by atoms with E-state index < -0.39 is 0 Å². The molecule has 0 aromatic heterocycles. The Bertz CT molecular complexity index is 503. The molecule has 0 aliphatic carbocycles. The predicted molar refractivity (Wildman–Crippen MR) is 91.7 cm³/mol. The minimum absolute atomic E-state index is 0.0151. The molecule has 0 saturated carbocycles. The summed E-state index contributed by atoms with van der Waals surface area (Å²) in [6.45, 7) is 3.73. The maximum Gasteiger partial charge on any atom is 0.108 e. The lowest BCUT2D eigenvalue weighted by Crippen LogP contribution is -2.20. The van der Waals surface area contributed by atoms with E-state index in [2.05, 4.69) is 90.4 Å². The molecule has 21 heavy (non-hydrogen) atoms. The van der Waals surface area contributed by atoms with Crippen LogP contribution in [0.4, 0.5) is 0 Å². The highest BCUT2D eigenvalue weighted by Crippen LogP contribution is 2.27. The Morgan fingerprint density at radius 1 is 0.952 bits per heavy atom. The second-order valence-electron chi connectivity index (χ2n) is 5.52. The molecule has 0 saturated heterocycles. The fourth-order valence-corrected chi connectivity index (χ4v) is 2.38. The minimum atomic E-state index is -0.0151.